The van der Waals surface area contributed by atoms with E-state index in [0.717, 1.165) is 48.6 Å². The van der Waals surface area contributed by atoms with Crippen molar-refractivity contribution in [3.8, 4) is 0 Å². The number of rotatable bonds is 16. The first-order valence-corrected chi connectivity index (χ1v) is 17.8. The summed E-state index contributed by atoms with van der Waals surface area (Å²) in [6, 6.07) is 0.429. The second-order valence-corrected chi connectivity index (χ2v) is 18.7. The Bertz CT molecular complexity index is 1190. The minimum atomic E-state index is -0.0978. The molecule has 260 valence electrons. The molecule has 0 radical (unpaired) electrons. The van der Waals surface area contributed by atoms with Crippen LogP contribution in [0.5, 0.6) is 0 Å². The Hall–Kier alpha value is -2.56. The van der Waals surface area contributed by atoms with Crippen molar-refractivity contribution in [2.24, 2.45) is 45.1 Å². The van der Waals surface area contributed by atoms with Crippen molar-refractivity contribution in [3.63, 3.8) is 0 Å². The second-order valence-electron chi connectivity index (χ2n) is 18.7. The zero-order chi connectivity index (χ0) is 35.2. The minimum Gasteiger partial charge on any atom is -0.399 e. The van der Waals surface area contributed by atoms with E-state index in [4.69, 9.17) is 12.3 Å². The van der Waals surface area contributed by atoms with Gasteiger partial charge in [-0.05, 0) is 64.2 Å². The zero-order valence-electron chi connectivity index (χ0n) is 31.8. The van der Waals surface area contributed by atoms with E-state index in [0.29, 0.717) is 23.5 Å². The van der Waals surface area contributed by atoms with Gasteiger partial charge in [0.1, 0.15) is 0 Å². The van der Waals surface area contributed by atoms with Crippen LogP contribution in [0, 0.1) is 39.4 Å². The van der Waals surface area contributed by atoms with Gasteiger partial charge in [-0.2, -0.15) is 0 Å². The first kappa shape index (κ1) is 37.9. The highest BCUT2D eigenvalue weighted by molar-refractivity contribution is 5.33. The molecule has 5 nitrogen and oxygen atoms in total. The van der Waals surface area contributed by atoms with Gasteiger partial charge in [0.05, 0.1) is 23.9 Å². The van der Waals surface area contributed by atoms with Gasteiger partial charge in [0.15, 0.2) is 0 Å². The lowest BCUT2D eigenvalue weighted by Crippen LogP contribution is -2.53. The van der Waals surface area contributed by atoms with Crippen LogP contribution in [-0.4, -0.2) is 35.6 Å². The van der Waals surface area contributed by atoms with Gasteiger partial charge in [-0.1, -0.05) is 140 Å². The van der Waals surface area contributed by atoms with E-state index in [-0.39, 0.29) is 45.8 Å². The molecule has 0 aromatic heterocycles. The Labute approximate surface area is 284 Å². The lowest BCUT2D eigenvalue weighted by Gasteiger charge is -2.44. The van der Waals surface area contributed by atoms with Crippen molar-refractivity contribution in [1.82, 2.24) is 20.9 Å². The third kappa shape index (κ3) is 8.66. The van der Waals surface area contributed by atoms with Crippen molar-refractivity contribution < 1.29 is 0 Å². The van der Waals surface area contributed by atoms with Gasteiger partial charge in [0.2, 0.25) is 0 Å². The van der Waals surface area contributed by atoms with E-state index in [9.17, 15) is 0 Å². The first-order chi connectivity index (χ1) is 20.9. The van der Waals surface area contributed by atoms with Gasteiger partial charge in [-0.3, -0.25) is 0 Å². The van der Waals surface area contributed by atoms with Crippen LogP contribution in [0.4, 0.5) is 0 Å². The first-order valence-electron chi connectivity index (χ1n) is 17.8. The van der Waals surface area contributed by atoms with Gasteiger partial charge in [-0.25, -0.2) is 0 Å². The van der Waals surface area contributed by atoms with Crippen molar-refractivity contribution >= 4 is 0 Å². The third-order valence-electron chi connectivity index (χ3n) is 11.6. The molecule has 0 aromatic carbocycles. The molecule has 5 heteroatoms. The van der Waals surface area contributed by atoms with Crippen LogP contribution in [0.15, 0.2) is 73.5 Å². The quantitative estimate of drug-likeness (QED) is 0.101. The maximum atomic E-state index is 6.19. The molecule has 3 fully saturated rings. The predicted octanol–water partition coefficient (Wildman–Crippen LogP) is 9.01. The van der Waals surface area contributed by atoms with Crippen molar-refractivity contribution in [1.29, 1.82) is 0 Å². The molecular formula is C41H71N5. The van der Waals surface area contributed by atoms with Gasteiger partial charge in [0, 0.05) is 29.7 Å². The summed E-state index contributed by atoms with van der Waals surface area (Å²) < 4.78 is 0. The maximum absolute atomic E-state index is 6.19. The van der Waals surface area contributed by atoms with Gasteiger partial charge < -0.3 is 26.6 Å². The van der Waals surface area contributed by atoms with Crippen LogP contribution in [-0.2, 0) is 0 Å². The monoisotopic (exact) mass is 634 g/mol. The molecule has 1 aliphatic heterocycles. The van der Waals surface area contributed by atoms with Gasteiger partial charge in [-0.15, -0.1) is 0 Å². The number of nitrogens with zero attached hydrogens (tertiary/aromatic N) is 1. The third-order valence-corrected chi connectivity index (χ3v) is 11.6. The zero-order valence-corrected chi connectivity index (χ0v) is 31.8. The molecule has 0 aromatic rings. The lowest BCUT2D eigenvalue weighted by molar-refractivity contribution is 0.189. The summed E-state index contributed by atoms with van der Waals surface area (Å²) >= 11 is 0. The molecule has 2 aliphatic carbocycles. The molecule has 6 atom stereocenters. The summed E-state index contributed by atoms with van der Waals surface area (Å²) in [6.07, 6.45) is 6.87. The molecule has 5 N–H and O–H groups in total. The summed E-state index contributed by atoms with van der Waals surface area (Å²) in [4.78, 5) is 2.53. The molecule has 46 heavy (non-hydrogen) atoms. The van der Waals surface area contributed by atoms with Crippen molar-refractivity contribution in [2.45, 2.75) is 139 Å². The number of hydrogen-bond donors (Lipinski definition) is 4. The fourth-order valence-corrected chi connectivity index (χ4v) is 7.67. The average Bonchev–Trinajstić information content (AvgIpc) is 3.19. The number of fused-ring (bicyclic) bond motifs is 1. The summed E-state index contributed by atoms with van der Waals surface area (Å²) in [6.45, 7) is 53.0. The Morgan fingerprint density at radius 1 is 0.870 bits per heavy atom. The largest absolute Gasteiger partial charge is 0.399 e. The molecule has 3 rings (SSSR count). The summed E-state index contributed by atoms with van der Waals surface area (Å²) in [5.41, 5.74) is 11.4. The molecule has 2 saturated carbocycles. The highest BCUT2D eigenvalue weighted by Crippen LogP contribution is 2.66. The lowest BCUT2D eigenvalue weighted by atomic mass is 9.79. The van der Waals surface area contributed by atoms with E-state index in [1.807, 2.05) is 0 Å². The second kappa shape index (κ2) is 13.5. The number of allylic oxidation sites excluding steroid dienone is 1. The number of likely N-dealkylation sites (tertiary alicyclic amines) is 1. The molecule has 1 saturated heterocycles. The Balaban J connectivity index is 1.80. The fraction of sp³-hybridized carbons (Fsp3) is 0.707. The van der Waals surface area contributed by atoms with Crippen LogP contribution >= 0.6 is 0 Å². The van der Waals surface area contributed by atoms with Crippen molar-refractivity contribution in [2.75, 3.05) is 6.54 Å². The highest BCUT2D eigenvalue weighted by atomic mass is 15.3. The summed E-state index contributed by atoms with van der Waals surface area (Å²) in [5, 5.41) is 11.4. The average molecular weight is 634 g/mol. The fourth-order valence-electron chi connectivity index (χ4n) is 7.67. The number of nitrogens with one attached hydrogen (secondary N) is 3. The normalized spacial score (nSPS) is 24.5. The molecule has 0 spiro atoms. The van der Waals surface area contributed by atoms with Crippen LogP contribution in [0.3, 0.4) is 0 Å². The topological polar surface area (TPSA) is 65.3 Å². The molecule has 6 unspecified atom stereocenters. The number of hydrogen-bond acceptors (Lipinski definition) is 5. The van der Waals surface area contributed by atoms with Crippen LogP contribution in [0.25, 0.3) is 0 Å². The number of piperidine rings is 1. The Morgan fingerprint density at radius 3 is 1.91 bits per heavy atom. The Kier molecular flexibility index (Phi) is 11.1. The smallest absolute Gasteiger partial charge is 0.0920 e. The van der Waals surface area contributed by atoms with Crippen LogP contribution < -0.4 is 21.7 Å². The van der Waals surface area contributed by atoms with E-state index in [1.165, 1.54) is 24.8 Å². The highest BCUT2D eigenvalue weighted by Gasteiger charge is 2.67. The van der Waals surface area contributed by atoms with E-state index < -0.39 is 0 Å². The van der Waals surface area contributed by atoms with Gasteiger partial charge in [0.25, 0.3) is 0 Å². The van der Waals surface area contributed by atoms with E-state index in [1.54, 1.807) is 0 Å². The SMILES string of the molecule is C=C(NC(CCC(=C)C(C)(C)C)C(C)(C)C)NC(C(=C)N1CC2C(C1C(=C)NC(CC1CCC1)C(=C)C(=C)N)C2(C)C)C(C)(C)C. The number of nitrogens with two attached hydrogens (primary N) is 1. The summed E-state index contributed by atoms with van der Waals surface area (Å²) in [7, 11) is 0. The van der Waals surface area contributed by atoms with E-state index >= 15 is 0 Å². The molecular weight excluding hydrogens is 562 g/mol. The molecule has 3 aliphatic rings. The van der Waals surface area contributed by atoms with E-state index in [2.05, 4.69) is 130 Å². The molecule has 0 amide bonds. The van der Waals surface area contributed by atoms with Gasteiger partial charge >= 0.3 is 0 Å². The minimum absolute atomic E-state index is 0.0156. The standard InChI is InChI=1S/C41H71N5/c1-25(38(7,8)9)21-22-34(39(10,11)12)44-30(6)45-37(40(13,14)15)29(5)46-24-32-35(41(32,16)17)36(46)28(4)43-33(26(2)27(3)42)23-31-19-18-20-31/h31-37,43-45H,1-6,18-24,42H2,7-17H3. The van der Waals surface area contributed by atoms with Crippen LogP contribution in [0.2, 0.25) is 0 Å². The van der Waals surface area contributed by atoms with Crippen LogP contribution in [0.1, 0.15) is 115 Å². The maximum Gasteiger partial charge on any atom is 0.0920 e. The van der Waals surface area contributed by atoms with Crippen molar-refractivity contribution in [3.05, 3.63) is 73.5 Å². The Morgan fingerprint density at radius 2 is 1.46 bits per heavy atom. The summed E-state index contributed by atoms with van der Waals surface area (Å²) in [5.74, 6) is 2.68. The molecule has 1 heterocycles. The molecule has 0 bridgehead atoms. The predicted molar refractivity (Wildman–Crippen MR) is 201 cm³/mol.